The zero-order valence-electron chi connectivity index (χ0n) is 16.9. The predicted molar refractivity (Wildman–Crippen MR) is 102 cm³/mol. The summed E-state index contributed by atoms with van der Waals surface area (Å²) in [6.45, 7) is -0.144. The molecule has 2 amide bonds. The molecule has 2 aromatic heterocycles. The molecule has 1 saturated heterocycles. The van der Waals surface area contributed by atoms with Crippen molar-refractivity contribution in [2.75, 3.05) is 26.3 Å². The van der Waals surface area contributed by atoms with Gasteiger partial charge in [0.15, 0.2) is 23.7 Å². The number of hydrogen-bond donors (Lipinski definition) is 3. The van der Waals surface area contributed by atoms with Crippen LogP contribution in [0.2, 0.25) is 0 Å². The average Bonchev–Trinajstić information content (AvgIpc) is 2.98. The van der Waals surface area contributed by atoms with Crippen LogP contribution < -0.4 is 15.6 Å². The van der Waals surface area contributed by atoms with E-state index in [1.807, 2.05) is 0 Å². The van der Waals surface area contributed by atoms with Gasteiger partial charge < -0.3 is 29.6 Å². The van der Waals surface area contributed by atoms with Crippen molar-refractivity contribution in [3.63, 3.8) is 0 Å². The lowest BCUT2D eigenvalue weighted by Crippen LogP contribution is -2.47. The first kappa shape index (κ1) is 22.6. The number of carbonyl (C=O) groups is 2. The highest BCUT2D eigenvalue weighted by atomic mass is 19.4. The van der Waals surface area contributed by atoms with Gasteiger partial charge >= 0.3 is 6.18 Å². The number of ether oxygens (including phenoxy) is 1. The molecule has 1 aliphatic rings. The van der Waals surface area contributed by atoms with E-state index in [1.165, 1.54) is 23.4 Å². The number of likely N-dealkylation sites (tertiary alicyclic amines) is 1. The Kier molecular flexibility index (Phi) is 6.25. The second-order valence-electron chi connectivity index (χ2n) is 7.28. The number of aliphatic hydroxyl groups excluding tert-OH is 1. The van der Waals surface area contributed by atoms with E-state index in [2.05, 4.69) is 15.3 Å². The number of halogens is 3. The lowest BCUT2D eigenvalue weighted by Gasteiger charge is -2.32. The highest BCUT2D eigenvalue weighted by Crippen LogP contribution is 2.31. The summed E-state index contributed by atoms with van der Waals surface area (Å²) in [5.74, 6) is -1.40. The smallest absolute Gasteiger partial charge is 0.422 e. The van der Waals surface area contributed by atoms with Crippen molar-refractivity contribution in [3.8, 4) is 5.75 Å². The van der Waals surface area contributed by atoms with Gasteiger partial charge in [0.05, 0.1) is 0 Å². The van der Waals surface area contributed by atoms with Crippen molar-refractivity contribution < 1.29 is 32.6 Å². The lowest BCUT2D eigenvalue weighted by molar-refractivity contribution is -0.153. The van der Waals surface area contributed by atoms with Crippen LogP contribution in [0, 0.1) is 6.92 Å². The normalized spacial score (nSPS) is 15.4. The minimum absolute atomic E-state index is 0.0203. The van der Waals surface area contributed by atoms with Gasteiger partial charge in [-0.2, -0.15) is 13.2 Å². The number of nitrogens with one attached hydrogen (secondary N) is 2. The van der Waals surface area contributed by atoms with Gasteiger partial charge in [0, 0.05) is 26.2 Å². The topological polar surface area (TPSA) is 130 Å². The number of hydrogen-bond acceptors (Lipinski definition) is 6. The van der Waals surface area contributed by atoms with E-state index >= 15 is 0 Å². The Labute approximate surface area is 174 Å². The molecule has 0 saturated carbocycles. The fourth-order valence-electron chi connectivity index (χ4n) is 3.57. The molecule has 13 heteroatoms. The van der Waals surface area contributed by atoms with Crippen LogP contribution in [0.4, 0.5) is 13.2 Å². The number of nitrogens with zero attached hydrogens (tertiary/aromatic N) is 3. The van der Waals surface area contributed by atoms with Crippen molar-refractivity contribution in [3.05, 3.63) is 21.9 Å². The van der Waals surface area contributed by atoms with E-state index < -0.39 is 42.5 Å². The second kappa shape index (κ2) is 8.57. The minimum Gasteiger partial charge on any atom is -0.481 e. The fourth-order valence-corrected chi connectivity index (χ4v) is 3.57. The quantitative estimate of drug-likeness (QED) is 0.604. The van der Waals surface area contributed by atoms with E-state index in [0.717, 1.165) is 0 Å². The SMILES string of the molecule is Cc1nc2c(c(OCC(F)(F)F)c(C(=O)NC3CCN(C(=O)CO)CC3)n2C)c(=O)[nH]1. The summed E-state index contributed by atoms with van der Waals surface area (Å²) in [5.41, 5.74) is -0.950. The molecule has 1 fully saturated rings. The van der Waals surface area contributed by atoms with Gasteiger partial charge in [0.2, 0.25) is 5.91 Å². The molecule has 10 nitrogen and oxygen atoms in total. The standard InChI is InChI=1S/C18H22F3N5O5/c1-9-22-15-12(16(29)23-9)14(31-8-18(19,20)21)13(25(15)2)17(30)24-10-3-5-26(6-4-10)11(28)7-27/h10,27H,3-8H2,1-2H3,(H,24,30)(H,22,23,29). The van der Waals surface area contributed by atoms with Crippen molar-refractivity contribution in [1.29, 1.82) is 0 Å². The monoisotopic (exact) mass is 445 g/mol. The third-order valence-corrected chi connectivity index (χ3v) is 5.03. The van der Waals surface area contributed by atoms with Crippen LogP contribution in [-0.2, 0) is 11.8 Å². The Morgan fingerprint density at radius 3 is 2.55 bits per heavy atom. The molecule has 170 valence electrons. The Balaban J connectivity index is 1.90. The third kappa shape index (κ3) is 4.81. The molecular weight excluding hydrogens is 423 g/mol. The molecule has 0 unspecified atom stereocenters. The maximum atomic E-state index is 13.0. The second-order valence-corrected chi connectivity index (χ2v) is 7.28. The van der Waals surface area contributed by atoms with Crippen LogP contribution in [0.15, 0.2) is 4.79 Å². The van der Waals surface area contributed by atoms with Gasteiger partial charge in [-0.05, 0) is 19.8 Å². The molecule has 3 heterocycles. The highest BCUT2D eigenvalue weighted by Gasteiger charge is 2.33. The van der Waals surface area contributed by atoms with Crippen molar-refractivity contribution in [1.82, 2.24) is 24.8 Å². The number of H-pyrrole nitrogens is 1. The van der Waals surface area contributed by atoms with Crippen molar-refractivity contribution >= 4 is 22.8 Å². The Morgan fingerprint density at radius 1 is 1.32 bits per heavy atom. The van der Waals surface area contributed by atoms with Gasteiger partial charge in [-0.3, -0.25) is 14.4 Å². The molecule has 0 atom stereocenters. The molecule has 0 bridgehead atoms. The van der Waals surface area contributed by atoms with E-state index in [0.29, 0.717) is 25.9 Å². The minimum atomic E-state index is -4.67. The molecule has 0 spiro atoms. The highest BCUT2D eigenvalue weighted by molar-refractivity contribution is 6.03. The number of fused-ring (bicyclic) bond motifs is 1. The first-order valence-electron chi connectivity index (χ1n) is 9.50. The van der Waals surface area contributed by atoms with Gasteiger partial charge in [-0.15, -0.1) is 0 Å². The number of carbonyl (C=O) groups excluding carboxylic acids is 2. The molecule has 2 aromatic rings. The summed E-state index contributed by atoms with van der Waals surface area (Å²) in [6, 6.07) is -0.350. The number of aromatic amines is 1. The molecular formula is C18H22F3N5O5. The van der Waals surface area contributed by atoms with Crippen LogP contribution in [0.5, 0.6) is 5.75 Å². The van der Waals surface area contributed by atoms with E-state index in [-0.39, 0.29) is 28.6 Å². The summed E-state index contributed by atoms with van der Waals surface area (Å²) < 4.78 is 44.4. The number of amides is 2. The van der Waals surface area contributed by atoms with Crippen LogP contribution >= 0.6 is 0 Å². The van der Waals surface area contributed by atoms with E-state index in [4.69, 9.17) is 9.84 Å². The Hall–Kier alpha value is -3.09. The Bertz CT molecular complexity index is 1050. The van der Waals surface area contributed by atoms with Gasteiger partial charge in [0.25, 0.3) is 11.5 Å². The van der Waals surface area contributed by atoms with Gasteiger partial charge in [-0.25, -0.2) is 4.98 Å². The van der Waals surface area contributed by atoms with E-state index in [9.17, 15) is 27.6 Å². The zero-order valence-corrected chi connectivity index (χ0v) is 16.9. The summed E-state index contributed by atoms with van der Waals surface area (Å²) in [6.07, 6.45) is -3.87. The first-order chi connectivity index (χ1) is 14.5. The number of piperidine rings is 1. The number of aryl methyl sites for hydroxylation is 2. The number of aromatic nitrogens is 3. The summed E-state index contributed by atoms with van der Waals surface area (Å²) >= 11 is 0. The van der Waals surface area contributed by atoms with Crippen LogP contribution in [0.3, 0.4) is 0 Å². The van der Waals surface area contributed by atoms with Crippen molar-refractivity contribution in [2.45, 2.75) is 32.0 Å². The van der Waals surface area contributed by atoms with Gasteiger partial charge in [-0.1, -0.05) is 0 Å². The number of aliphatic hydroxyl groups is 1. The maximum Gasteiger partial charge on any atom is 0.422 e. The number of alkyl halides is 3. The summed E-state index contributed by atoms with van der Waals surface area (Å²) in [5, 5.41) is 11.4. The molecule has 3 rings (SSSR count). The van der Waals surface area contributed by atoms with Gasteiger partial charge in [0.1, 0.15) is 17.8 Å². The predicted octanol–water partition coefficient (Wildman–Crippen LogP) is 0.224. The molecule has 0 radical (unpaired) electrons. The molecule has 3 N–H and O–H groups in total. The van der Waals surface area contributed by atoms with Crippen LogP contribution in [0.1, 0.15) is 29.2 Å². The largest absolute Gasteiger partial charge is 0.481 e. The summed E-state index contributed by atoms with van der Waals surface area (Å²) in [4.78, 5) is 44.9. The Morgan fingerprint density at radius 2 is 1.97 bits per heavy atom. The number of rotatable bonds is 5. The maximum absolute atomic E-state index is 13.0. The summed E-state index contributed by atoms with van der Waals surface area (Å²) in [7, 11) is 1.41. The lowest BCUT2D eigenvalue weighted by atomic mass is 10.0. The van der Waals surface area contributed by atoms with Crippen LogP contribution in [-0.4, -0.2) is 74.9 Å². The van der Waals surface area contributed by atoms with Crippen LogP contribution in [0.25, 0.3) is 11.0 Å². The molecule has 0 aromatic carbocycles. The average molecular weight is 445 g/mol. The van der Waals surface area contributed by atoms with E-state index in [1.54, 1.807) is 0 Å². The molecule has 31 heavy (non-hydrogen) atoms. The van der Waals surface area contributed by atoms with Crippen molar-refractivity contribution in [2.24, 2.45) is 7.05 Å². The third-order valence-electron chi connectivity index (χ3n) is 5.03. The molecule has 0 aliphatic carbocycles. The zero-order chi connectivity index (χ0) is 22.9. The molecule has 1 aliphatic heterocycles. The first-order valence-corrected chi connectivity index (χ1v) is 9.50. The fraction of sp³-hybridized carbons (Fsp3) is 0.556.